The van der Waals surface area contributed by atoms with E-state index in [9.17, 15) is 9.59 Å². The molecule has 1 atom stereocenters. The molecule has 8 nitrogen and oxygen atoms in total. The first-order valence-corrected chi connectivity index (χ1v) is 10.8. The number of hydrogen-bond acceptors (Lipinski definition) is 8. The smallest absolute Gasteiger partial charge is 0.349 e. The zero-order chi connectivity index (χ0) is 22.7. The minimum atomic E-state index is -0.912. The molecule has 0 aliphatic carbocycles. The van der Waals surface area contributed by atoms with Crippen LogP contribution in [0.25, 0.3) is 10.6 Å². The molecule has 1 amide bonds. The maximum absolute atomic E-state index is 12.7. The zero-order valence-electron chi connectivity index (χ0n) is 17.9. The number of carbonyl (C=O) groups excluding carboxylic acids is 2. The summed E-state index contributed by atoms with van der Waals surface area (Å²) in [6.45, 7) is 1.53. The molecule has 0 bridgehead atoms. The second-order valence-corrected chi connectivity index (χ2v) is 7.85. The van der Waals surface area contributed by atoms with Gasteiger partial charge in [-0.1, -0.05) is 18.2 Å². The number of benzene rings is 2. The number of nitrogens with zero attached hydrogens (tertiary/aromatic N) is 2. The van der Waals surface area contributed by atoms with Crippen LogP contribution < -0.4 is 19.1 Å². The molecule has 0 N–H and O–H groups in total. The van der Waals surface area contributed by atoms with Crippen molar-refractivity contribution in [2.24, 2.45) is 0 Å². The van der Waals surface area contributed by atoms with E-state index in [4.69, 9.17) is 18.9 Å². The molecular formula is C23H22N2O6S. The highest BCUT2D eigenvalue weighted by atomic mass is 32.1. The minimum Gasteiger partial charge on any atom is -0.493 e. The maximum atomic E-state index is 12.7. The Hall–Kier alpha value is -3.59. The SMILES string of the molecule is COc1cccc(-c2nc(COC(=O)[C@H]3CN(C(C)=O)c4ccccc4O3)cs2)c1OC. The standard InChI is InChI=1S/C23H22N2O6S/c1-14(26)25-11-20(31-18-9-5-4-8-17(18)25)23(27)30-12-15-13-32-22(24-15)16-7-6-10-19(28-2)21(16)29-3/h4-10,13,20H,11-12H2,1-3H3/t20-/m1/s1. The third-order valence-corrected chi connectivity index (χ3v) is 5.89. The van der Waals surface area contributed by atoms with Gasteiger partial charge < -0.3 is 23.8 Å². The molecule has 3 aromatic rings. The van der Waals surface area contributed by atoms with Crippen LogP contribution >= 0.6 is 11.3 Å². The number of para-hydroxylation sites is 3. The van der Waals surface area contributed by atoms with Crippen molar-refractivity contribution < 1.29 is 28.5 Å². The number of carbonyl (C=O) groups is 2. The van der Waals surface area contributed by atoms with E-state index in [1.165, 1.54) is 23.2 Å². The van der Waals surface area contributed by atoms with Gasteiger partial charge in [-0.25, -0.2) is 9.78 Å². The molecule has 0 fully saturated rings. The molecule has 0 unspecified atom stereocenters. The van der Waals surface area contributed by atoms with E-state index < -0.39 is 12.1 Å². The van der Waals surface area contributed by atoms with Crippen LogP contribution in [0.2, 0.25) is 0 Å². The monoisotopic (exact) mass is 454 g/mol. The van der Waals surface area contributed by atoms with Crippen molar-refractivity contribution in [2.75, 3.05) is 25.7 Å². The van der Waals surface area contributed by atoms with Gasteiger partial charge in [0, 0.05) is 12.3 Å². The van der Waals surface area contributed by atoms with E-state index in [1.54, 1.807) is 32.4 Å². The fourth-order valence-corrected chi connectivity index (χ4v) is 4.27. The van der Waals surface area contributed by atoms with Crippen molar-refractivity contribution in [3.63, 3.8) is 0 Å². The molecule has 9 heteroatoms. The Morgan fingerprint density at radius 1 is 1.16 bits per heavy atom. The minimum absolute atomic E-state index is 0.0107. The summed E-state index contributed by atoms with van der Waals surface area (Å²) in [5.74, 6) is 0.940. The normalized spacial score (nSPS) is 14.8. The highest BCUT2D eigenvalue weighted by Gasteiger charge is 2.33. The van der Waals surface area contributed by atoms with Crippen LogP contribution in [-0.2, 0) is 20.9 Å². The third kappa shape index (κ3) is 4.24. The highest BCUT2D eigenvalue weighted by Crippen LogP contribution is 2.39. The maximum Gasteiger partial charge on any atom is 0.349 e. The van der Waals surface area contributed by atoms with Gasteiger partial charge in [0.25, 0.3) is 0 Å². The molecular weight excluding hydrogens is 432 g/mol. The third-order valence-electron chi connectivity index (χ3n) is 4.96. The summed E-state index contributed by atoms with van der Waals surface area (Å²) in [4.78, 5) is 30.8. The number of aromatic nitrogens is 1. The molecule has 0 radical (unpaired) electrons. The van der Waals surface area contributed by atoms with Crippen LogP contribution in [0.4, 0.5) is 5.69 Å². The van der Waals surface area contributed by atoms with Crippen LogP contribution in [0.15, 0.2) is 47.8 Å². The summed E-state index contributed by atoms with van der Waals surface area (Å²) in [6.07, 6.45) is -0.912. The predicted molar refractivity (Wildman–Crippen MR) is 119 cm³/mol. The van der Waals surface area contributed by atoms with Crippen molar-refractivity contribution in [1.29, 1.82) is 0 Å². The second kappa shape index (κ2) is 9.27. The Labute approximate surface area is 189 Å². The lowest BCUT2D eigenvalue weighted by Gasteiger charge is -2.33. The van der Waals surface area contributed by atoms with E-state index in [2.05, 4.69) is 4.98 Å². The van der Waals surface area contributed by atoms with E-state index >= 15 is 0 Å². The van der Waals surface area contributed by atoms with Gasteiger partial charge in [0.1, 0.15) is 17.4 Å². The number of ether oxygens (including phenoxy) is 4. The predicted octanol–water partition coefficient (Wildman–Crippen LogP) is 3.68. The number of amides is 1. The summed E-state index contributed by atoms with van der Waals surface area (Å²) in [7, 11) is 3.15. The van der Waals surface area contributed by atoms with Gasteiger partial charge in [-0.05, 0) is 24.3 Å². The molecule has 166 valence electrons. The Morgan fingerprint density at radius 2 is 1.97 bits per heavy atom. The number of thiazole rings is 1. The topological polar surface area (TPSA) is 87.2 Å². The fraction of sp³-hybridized carbons (Fsp3) is 0.261. The average molecular weight is 455 g/mol. The van der Waals surface area contributed by atoms with Crippen molar-refractivity contribution in [3.8, 4) is 27.8 Å². The van der Waals surface area contributed by atoms with Gasteiger partial charge in [0.15, 0.2) is 11.5 Å². The molecule has 2 aromatic carbocycles. The number of hydrogen-bond donors (Lipinski definition) is 0. The number of rotatable bonds is 6. The van der Waals surface area contributed by atoms with Crippen molar-refractivity contribution in [2.45, 2.75) is 19.6 Å². The lowest BCUT2D eigenvalue weighted by atomic mass is 10.2. The summed E-state index contributed by atoms with van der Waals surface area (Å²) >= 11 is 1.41. The molecule has 1 aliphatic rings. The molecule has 1 aliphatic heterocycles. The lowest BCUT2D eigenvalue weighted by molar-refractivity contribution is -0.153. The largest absolute Gasteiger partial charge is 0.493 e. The van der Waals surface area contributed by atoms with Gasteiger partial charge in [-0.3, -0.25) is 4.79 Å². The van der Waals surface area contributed by atoms with Crippen molar-refractivity contribution >= 4 is 28.9 Å². The van der Waals surface area contributed by atoms with Gasteiger partial charge in [0.2, 0.25) is 12.0 Å². The van der Waals surface area contributed by atoms with Crippen LogP contribution in [0.3, 0.4) is 0 Å². The Morgan fingerprint density at radius 3 is 2.72 bits per heavy atom. The van der Waals surface area contributed by atoms with Gasteiger partial charge in [0.05, 0.1) is 37.7 Å². The van der Waals surface area contributed by atoms with Crippen LogP contribution in [0, 0.1) is 0 Å². The first-order valence-electron chi connectivity index (χ1n) is 9.88. The quantitative estimate of drug-likeness (QED) is 0.525. The molecule has 0 saturated heterocycles. The summed E-state index contributed by atoms with van der Waals surface area (Å²) in [6, 6.07) is 12.7. The number of methoxy groups -OCH3 is 2. The lowest BCUT2D eigenvalue weighted by Crippen LogP contribution is -2.47. The first kappa shape index (κ1) is 21.6. The highest BCUT2D eigenvalue weighted by molar-refractivity contribution is 7.13. The summed E-state index contributed by atoms with van der Waals surface area (Å²) in [5.41, 5.74) is 2.03. The summed E-state index contributed by atoms with van der Waals surface area (Å²) < 4.78 is 22.0. The van der Waals surface area contributed by atoms with E-state index in [-0.39, 0.29) is 19.1 Å². The van der Waals surface area contributed by atoms with Gasteiger partial charge in [-0.15, -0.1) is 11.3 Å². The van der Waals surface area contributed by atoms with E-state index in [0.29, 0.717) is 28.6 Å². The number of anilines is 1. The molecule has 32 heavy (non-hydrogen) atoms. The van der Waals surface area contributed by atoms with E-state index in [1.807, 2.05) is 29.6 Å². The molecule has 4 rings (SSSR count). The van der Waals surface area contributed by atoms with Crippen molar-refractivity contribution in [3.05, 3.63) is 53.5 Å². The van der Waals surface area contributed by atoms with Gasteiger partial charge in [-0.2, -0.15) is 0 Å². The van der Waals surface area contributed by atoms with Crippen LogP contribution in [0.1, 0.15) is 12.6 Å². The summed E-state index contributed by atoms with van der Waals surface area (Å²) in [5, 5.41) is 2.54. The van der Waals surface area contributed by atoms with Gasteiger partial charge >= 0.3 is 5.97 Å². The fourth-order valence-electron chi connectivity index (χ4n) is 3.45. The molecule has 0 saturated carbocycles. The van der Waals surface area contributed by atoms with Crippen molar-refractivity contribution in [1.82, 2.24) is 4.98 Å². The molecule has 1 aromatic heterocycles. The first-order chi connectivity index (χ1) is 15.5. The Kier molecular flexibility index (Phi) is 6.27. The van der Waals surface area contributed by atoms with E-state index in [0.717, 1.165) is 10.6 Å². The number of esters is 1. The average Bonchev–Trinajstić information content (AvgIpc) is 3.29. The Balaban J connectivity index is 1.45. The molecule has 2 heterocycles. The van der Waals surface area contributed by atoms with Crippen LogP contribution in [0.5, 0.6) is 17.2 Å². The zero-order valence-corrected chi connectivity index (χ0v) is 18.7. The number of fused-ring (bicyclic) bond motifs is 1. The second-order valence-electron chi connectivity index (χ2n) is 7.00. The molecule has 0 spiro atoms. The Bertz CT molecular complexity index is 1150. The van der Waals surface area contributed by atoms with Crippen LogP contribution in [-0.4, -0.2) is 43.7 Å².